The molecule has 0 saturated carbocycles. The Morgan fingerprint density at radius 3 is 2.02 bits per heavy atom. The molecular formula is C32H38N2O6. The number of unbranched alkanes of at least 4 members (excludes halogenated alkanes) is 1. The molecule has 212 valence electrons. The Hall–Kier alpha value is -3.88. The zero-order valence-electron chi connectivity index (χ0n) is 23.0. The van der Waals surface area contributed by atoms with Crippen LogP contribution in [0.2, 0.25) is 0 Å². The van der Waals surface area contributed by atoms with Gasteiger partial charge < -0.3 is 29.6 Å². The first-order valence-corrected chi connectivity index (χ1v) is 13.9. The van der Waals surface area contributed by atoms with Gasteiger partial charge in [0.15, 0.2) is 0 Å². The van der Waals surface area contributed by atoms with Crippen molar-refractivity contribution in [2.75, 3.05) is 58.0 Å². The molecule has 3 aromatic carbocycles. The zero-order chi connectivity index (χ0) is 28.0. The zero-order valence-corrected chi connectivity index (χ0v) is 23.0. The number of amides is 1. The lowest BCUT2D eigenvalue weighted by Crippen LogP contribution is -2.29. The quantitative estimate of drug-likeness (QED) is 0.178. The number of carbonyl (C=O) groups is 2. The average Bonchev–Trinajstić information content (AvgIpc) is 3.31. The van der Waals surface area contributed by atoms with Crippen LogP contribution in [0, 0.1) is 0 Å². The molecule has 0 radical (unpaired) electrons. The van der Waals surface area contributed by atoms with E-state index in [-0.39, 0.29) is 31.7 Å². The molecule has 0 atom stereocenters. The molecule has 8 nitrogen and oxygen atoms in total. The number of rotatable bonds is 16. The fourth-order valence-corrected chi connectivity index (χ4v) is 4.61. The molecule has 3 aromatic rings. The van der Waals surface area contributed by atoms with Gasteiger partial charge in [-0.15, -0.1) is 0 Å². The lowest BCUT2D eigenvalue weighted by atomic mass is 9.98. The Kier molecular flexibility index (Phi) is 11.4. The second-order valence-electron chi connectivity index (χ2n) is 9.47. The summed E-state index contributed by atoms with van der Waals surface area (Å²) in [5.41, 5.74) is 6.25. The van der Waals surface area contributed by atoms with Crippen LogP contribution in [0.4, 0.5) is 10.5 Å². The number of carbonyl (C=O) groups excluding carboxylic acids is 2. The number of fused-ring (bicyclic) bond motifs is 3. The lowest BCUT2D eigenvalue weighted by molar-refractivity contribution is 0.0149. The van der Waals surface area contributed by atoms with Crippen LogP contribution in [0.15, 0.2) is 72.8 Å². The van der Waals surface area contributed by atoms with Crippen molar-refractivity contribution < 1.29 is 28.5 Å². The number of alkyl carbamates (subject to hydrolysis) is 1. The Labute approximate surface area is 236 Å². The SMILES string of the molecule is CCCCNc1ccc(C(=O)OCCOCCOCCNC(=O)OCC2c3ccccc3-c3ccccc32)cc1. The Bertz CT molecular complexity index is 1180. The van der Waals surface area contributed by atoms with Crippen LogP contribution in [0.5, 0.6) is 0 Å². The molecule has 0 bridgehead atoms. The fraction of sp³-hybridized carbons (Fsp3) is 0.375. The lowest BCUT2D eigenvalue weighted by Gasteiger charge is -2.14. The van der Waals surface area contributed by atoms with Crippen molar-refractivity contribution in [3.8, 4) is 11.1 Å². The number of hydrogen-bond donors (Lipinski definition) is 2. The van der Waals surface area contributed by atoms with Gasteiger partial charge in [-0.3, -0.25) is 0 Å². The van der Waals surface area contributed by atoms with Gasteiger partial charge in [0, 0.05) is 24.7 Å². The molecular weight excluding hydrogens is 508 g/mol. The first kappa shape index (κ1) is 29.1. The van der Waals surface area contributed by atoms with E-state index in [0.29, 0.717) is 31.9 Å². The van der Waals surface area contributed by atoms with E-state index in [1.807, 2.05) is 36.4 Å². The van der Waals surface area contributed by atoms with Gasteiger partial charge in [-0.25, -0.2) is 9.59 Å². The van der Waals surface area contributed by atoms with Gasteiger partial charge in [0.2, 0.25) is 0 Å². The van der Waals surface area contributed by atoms with Crippen molar-refractivity contribution in [3.63, 3.8) is 0 Å². The van der Waals surface area contributed by atoms with Crippen molar-refractivity contribution in [1.29, 1.82) is 0 Å². The molecule has 1 aliphatic carbocycles. The van der Waals surface area contributed by atoms with Crippen molar-refractivity contribution in [3.05, 3.63) is 89.5 Å². The summed E-state index contributed by atoms with van der Waals surface area (Å²) in [4.78, 5) is 24.3. The van der Waals surface area contributed by atoms with E-state index in [0.717, 1.165) is 25.1 Å². The van der Waals surface area contributed by atoms with E-state index in [1.165, 1.54) is 22.3 Å². The number of benzene rings is 3. The highest BCUT2D eigenvalue weighted by Crippen LogP contribution is 2.44. The van der Waals surface area contributed by atoms with Crippen LogP contribution in [0.3, 0.4) is 0 Å². The van der Waals surface area contributed by atoms with Crippen LogP contribution in [-0.2, 0) is 18.9 Å². The highest BCUT2D eigenvalue weighted by atomic mass is 16.6. The molecule has 1 aliphatic rings. The summed E-state index contributed by atoms with van der Waals surface area (Å²) in [6.45, 7) is 5.19. The minimum absolute atomic E-state index is 0.0315. The number of ether oxygens (including phenoxy) is 4. The molecule has 0 spiro atoms. The van der Waals surface area contributed by atoms with Crippen LogP contribution in [0.1, 0.15) is 47.2 Å². The first-order chi connectivity index (χ1) is 19.7. The number of nitrogens with one attached hydrogen (secondary N) is 2. The number of hydrogen-bond acceptors (Lipinski definition) is 7. The Morgan fingerprint density at radius 1 is 0.725 bits per heavy atom. The fourth-order valence-electron chi connectivity index (χ4n) is 4.61. The van der Waals surface area contributed by atoms with Gasteiger partial charge in [0.1, 0.15) is 13.2 Å². The Balaban J connectivity index is 1.01. The smallest absolute Gasteiger partial charge is 0.407 e. The van der Waals surface area contributed by atoms with E-state index >= 15 is 0 Å². The van der Waals surface area contributed by atoms with Crippen LogP contribution in [0.25, 0.3) is 11.1 Å². The van der Waals surface area contributed by atoms with Gasteiger partial charge in [0.25, 0.3) is 0 Å². The Morgan fingerprint density at radius 2 is 1.35 bits per heavy atom. The van der Waals surface area contributed by atoms with E-state index in [9.17, 15) is 9.59 Å². The van der Waals surface area contributed by atoms with Crippen molar-refractivity contribution in [1.82, 2.24) is 5.32 Å². The summed E-state index contributed by atoms with van der Waals surface area (Å²) in [6.07, 6.45) is 1.77. The highest BCUT2D eigenvalue weighted by molar-refractivity contribution is 5.89. The molecule has 1 amide bonds. The normalized spacial score (nSPS) is 11.9. The average molecular weight is 547 g/mol. The van der Waals surface area contributed by atoms with Gasteiger partial charge in [-0.2, -0.15) is 0 Å². The second kappa shape index (κ2) is 15.6. The molecule has 0 fully saturated rings. The number of esters is 1. The van der Waals surface area contributed by atoms with E-state index < -0.39 is 6.09 Å². The number of anilines is 1. The van der Waals surface area contributed by atoms with Crippen molar-refractivity contribution >= 4 is 17.7 Å². The maximum atomic E-state index is 12.2. The molecule has 8 heteroatoms. The molecule has 0 aliphatic heterocycles. The molecule has 0 unspecified atom stereocenters. The third-order valence-corrected chi connectivity index (χ3v) is 6.67. The largest absolute Gasteiger partial charge is 0.460 e. The summed E-state index contributed by atoms with van der Waals surface area (Å²) < 4.78 is 21.7. The first-order valence-electron chi connectivity index (χ1n) is 13.9. The summed E-state index contributed by atoms with van der Waals surface area (Å²) in [5.74, 6) is -0.344. The second-order valence-corrected chi connectivity index (χ2v) is 9.47. The van der Waals surface area contributed by atoms with Crippen molar-refractivity contribution in [2.45, 2.75) is 25.7 Å². The summed E-state index contributed by atoms with van der Waals surface area (Å²) >= 11 is 0. The van der Waals surface area contributed by atoms with Gasteiger partial charge in [-0.1, -0.05) is 61.9 Å². The highest BCUT2D eigenvalue weighted by Gasteiger charge is 2.28. The van der Waals surface area contributed by atoms with Gasteiger partial charge in [0.05, 0.1) is 32.0 Å². The summed E-state index contributed by atoms with van der Waals surface area (Å²) in [5, 5.41) is 6.03. The molecule has 0 saturated heterocycles. The predicted octanol–water partition coefficient (Wildman–Crippen LogP) is 5.63. The van der Waals surface area contributed by atoms with Gasteiger partial charge >= 0.3 is 12.1 Å². The van der Waals surface area contributed by atoms with E-state index in [2.05, 4.69) is 41.8 Å². The molecule has 4 rings (SSSR count). The monoisotopic (exact) mass is 546 g/mol. The summed E-state index contributed by atoms with van der Waals surface area (Å²) in [7, 11) is 0. The summed E-state index contributed by atoms with van der Waals surface area (Å²) in [6, 6.07) is 23.7. The molecule has 40 heavy (non-hydrogen) atoms. The van der Waals surface area contributed by atoms with E-state index in [1.54, 1.807) is 12.1 Å². The molecule has 0 heterocycles. The predicted molar refractivity (Wildman–Crippen MR) is 155 cm³/mol. The van der Waals surface area contributed by atoms with Crippen LogP contribution >= 0.6 is 0 Å². The van der Waals surface area contributed by atoms with Gasteiger partial charge in [-0.05, 0) is 52.9 Å². The maximum absolute atomic E-state index is 12.2. The minimum Gasteiger partial charge on any atom is -0.460 e. The topological polar surface area (TPSA) is 95.1 Å². The van der Waals surface area contributed by atoms with Crippen LogP contribution in [-0.4, -0.2) is 64.8 Å². The standard InChI is InChI=1S/C32H38N2O6/c1-2-3-16-33-25-14-12-24(13-15-25)31(35)39-22-21-38-20-19-37-18-17-34-32(36)40-23-30-28-10-6-4-8-26(28)27-9-5-7-11-29(27)30/h4-15,30,33H,2-3,16-23H2,1H3,(H,34,36). The molecule has 2 N–H and O–H groups in total. The van der Waals surface area contributed by atoms with Crippen LogP contribution < -0.4 is 10.6 Å². The van der Waals surface area contributed by atoms with Crippen molar-refractivity contribution in [2.24, 2.45) is 0 Å². The van der Waals surface area contributed by atoms with E-state index in [4.69, 9.17) is 18.9 Å². The third kappa shape index (κ3) is 8.31. The molecule has 0 aromatic heterocycles. The third-order valence-electron chi connectivity index (χ3n) is 6.67. The minimum atomic E-state index is -0.467. The maximum Gasteiger partial charge on any atom is 0.407 e.